The Morgan fingerprint density at radius 3 is 2.38 bits per heavy atom. The Bertz CT molecular complexity index is 889. The average molecular weight is 396 g/mol. The van der Waals surface area contributed by atoms with Gasteiger partial charge >= 0.3 is 0 Å². The first-order valence-corrected chi connectivity index (χ1v) is 9.97. The minimum Gasteiger partial charge on any atom is -0.381 e. The minimum atomic E-state index is -0.348. The van der Waals surface area contributed by atoms with Crippen LogP contribution in [-0.4, -0.2) is 43.0 Å². The molecule has 1 atom stereocenters. The van der Waals surface area contributed by atoms with Crippen LogP contribution in [0.4, 0.5) is 10.1 Å². The van der Waals surface area contributed by atoms with Gasteiger partial charge < -0.3 is 15.0 Å². The van der Waals surface area contributed by atoms with Gasteiger partial charge in [-0.15, -0.1) is 0 Å². The van der Waals surface area contributed by atoms with Crippen LogP contribution in [0.1, 0.15) is 28.8 Å². The molecule has 0 aromatic heterocycles. The smallest absolute Gasteiger partial charge is 0.253 e. The number of likely N-dealkylation sites (tertiary alicyclic amines) is 1. The Kier molecular flexibility index (Phi) is 5.37. The van der Waals surface area contributed by atoms with Crippen molar-refractivity contribution in [1.29, 1.82) is 0 Å². The number of halogens is 1. The molecule has 2 fully saturated rings. The third-order valence-electron chi connectivity index (χ3n) is 6.15. The number of nitrogens with zero attached hydrogens (tertiary/aromatic N) is 1. The molecule has 6 heteroatoms. The molecular formula is C23H25FN2O3. The van der Waals surface area contributed by atoms with E-state index in [2.05, 4.69) is 5.32 Å². The lowest BCUT2D eigenvalue weighted by molar-refractivity contribution is -0.124. The summed E-state index contributed by atoms with van der Waals surface area (Å²) in [4.78, 5) is 28.0. The Morgan fingerprint density at radius 2 is 1.72 bits per heavy atom. The quantitative estimate of drug-likeness (QED) is 0.862. The van der Waals surface area contributed by atoms with Crippen LogP contribution in [0.25, 0.3) is 0 Å². The summed E-state index contributed by atoms with van der Waals surface area (Å²) in [6, 6.07) is 13.3. The van der Waals surface area contributed by atoms with Gasteiger partial charge in [-0.2, -0.15) is 0 Å². The van der Waals surface area contributed by atoms with Crippen LogP contribution >= 0.6 is 0 Å². The van der Waals surface area contributed by atoms with Crippen LogP contribution in [0.3, 0.4) is 0 Å². The fourth-order valence-corrected chi connectivity index (χ4v) is 4.41. The van der Waals surface area contributed by atoms with Gasteiger partial charge in [0, 0.05) is 43.0 Å². The van der Waals surface area contributed by atoms with Gasteiger partial charge in [0.2, 0.25) is 5.91 Å². The molecular weight excluding hydrogens is 371 g/mol. The van der Waals surface area contributed by atoms with Gasteiger partial charge in [-0.25, -0.2) is 4.39 Å². The van der Waals surface area contributed by atoms with E-state index in [-0.39, 0.29) is 29.0 Å². The van der Waals surface area contributed by atoms with Crippen LogP contribution < -0.4 is 5.32 Å². The molecule has 1 N–H and O–H groups in total. The Balaban J connectivity index is 1.55. The zero-order chi connectivity index (χ0) is 20.4. The summed E-state index contributed by atoms with van der Waals surface area (Å²) in [5, 5.41) is 2.90. The maximum Gasteiger partial charge on any atom is 0.253 e. The van der Waals surface area contributed by atoms with Crippen LogP contribution in [0, 0.1) is 24.1 Å². The molecule has 2 aromatic carbocycles. The molecule has 2 amide bonds. The molecule has 2 saturated heterocycles. The molecule has 29 heavy (non-hydrogen) atoms. The number of aryl methyl sites for hydroxylation is 1. The Morgan fingerprint density at radius 1 is 1.07 bits per heavy atom. The summed E-state index contributed by atoms with van der Waals surface area (Å²) in [7, 11) is 0. The summed E-state index contributed by atoms with van der Waals surface area (Å²) >= 11 is 0. The number of hydrogen-bond donors (Lipinski definition) is 1. The van der Waals surface area contributed by atoms with E-state index in [0.717, 1.165) is 18.4 Å². The molecule has 0 radical (unpaired) electrons. The van der Waals surface area contributed by atoms with Crippen molar-refractivity contribution in [2.75, 3.05) is 31.6 Å². The van der Waals surface area contributed by atoms with Crippen LogP contribution in [0.5, 0.6) is 0 Å². The number of carbonyl (C=O) groups is 2. The van der Waals surface area contributed by atoms with Crippen molar-refractivity contribution in [3.63, 3.8) is 0 Å². The second-order valence-corrected chi connectivity index (χ2v) is 8.08. The summed E-state index contributed by atoms with van der Waals surface area (Å²) in [5.74, 6) is -0.851. The van der Waals surface area contributed by atoms with E-state index in [9.17, 15) is 14.0 Å². The third kappa shape index (κ3) is 4.03. The minimum absolute atomic E-state index is 0.0482. The normalized spacial score (nSPS) is 20.6. The fourth-order valence-electron chi connectivity index (χ4n) is 4.41. The van der Waals surface area contributed by atoms with E-state index in [0.29, 0.717) is 37.6 Å². The summed E-state index contributed by atoms with van der Waals surface area (Å²) in [5.41, 5.74) is 2.00. The molecule has 0 saturated carbocycles. The van der Waals surface area contributed by atoms with Gasteiger partial charge in [-0.1, -0.05) is 17.7 Å². The van der Waals surface area contributed by atoms with E-state index < -0.39 is 0 Å². The molecule has 0 bridgehead atoms. The predicted octanol–water partition coefficient (Wildman–Crippen LogP) is 3.64. The number of benzene rings is 2. The molecule has 2 heterocycles. The van der Waals surface area contributed by atoms with Crippen LogP contribution in [0.15, 0.2) is 48.5 Å². The van der Waals surface area contributed by atoms with Crippen molar-refractivity contribution in [1.82, 2.24) is 4.90 Å². The monoisotopic (exact) mass is 396 g/mol. The molecule has 4 rings (SSSR count). The zero-order valence-corrected chi connectivity index (χ0v) is 16.5. The van der Waals surface area contributed by atoms with Gasteiger partial charge in [0.1, 0.15) is 5.82 Å². The van der Waals surface area contributed by atoms with E-state index in [1.807, 2.05) is 31.2 Å². The lowest BCUT2D eigenvalue weighted by atomic mass is 9.71. The SMILES string of the molecule is Cc1ccc(C(=O)N2CC(C(=O)Nc3ccc(F)cc3)C3(CCOCC3)C2)cc1. The highest BCUT2D eigenvalue weighted by molar-refractivity contribution is 5.97. The topological polar surface area (TPSA) is 58.6 Å². The molecule has 152 valence electrons. The molecule has 1 unspecified atom stereocenters. The number of amides is 2. The Hall–Kier alpha value is -2.73. The first-order chi connectivity index (χ1) is 14.0. The zero-order valence-electron chi connectivity index (χ0n) is 16.5. The first kappa shape index (κ1) is 19.6. The first-order valence-electron chi connectivity index (χ1n) is 9.97. The fraction of sp³-hybridized carbons (Fsp3) is 0.391. The van der Waals surface area contributed by atoms with Gasteiger partial charge in [0.05, 0.1) is 5.92 Å². The highest BCUT2D eigenvalue weighted by Gasteiger charge is 2.51. The van der Waals surface area contributed by atoms with Crippen LogP contribution in [-0.2, 0) is 9.53 Å². The van der Waals surface area contributed by atoms with Crippen molar-refractivity contribution in [2.45, 2.75) is 19.8 Å². The van der Waals surface area contributed by atoms with E-state index in [4.69, 9.17) is 4.74 Å². The number of anilines is 1. The largest absolute Gasteiger partial charge is 0.381 e. The highest BCUT2D eigenvalue weighted by Crippen LogP contribution is 2.45. The summed E-state index contributed by atoms with van der Waals surface area (Å²) < 4.78 is 18.7. The third-order valence-corrected chi connectivity index (χ3v) is 6.15. The van der Waals surface area contributed by atoms with Crippen molar-refractivity contribution in [3.05, 3.63) is 65.5 Å². The van der Waals surface area contributed by atoms with Crippen molar-refractivity contribution < 1.29 is 18.7 Å². The average Bonchev–Trinajstić information content (AvgIpc) is 3.09. The van der Waals surface area contributed by atoms with Gasteiger partial charge in [-0.05, 0) is 56.2 Å². The van der Waals surface area contributed by atoms with E-state index in [1.54, 1.807) is 17.0 Å². The van der Waals surface area contributed by atoms with Crippen molar-refractivity contribution >= 4 is 17.5 Å². The maximum absolute atomic E-state index is 13.2. The number of ether oxygens (including phenoxy) is 1. The number of carbonyl (C=O) groups excluding carboxylic acids is 2. The van der Waals surface area contributed by atoms with Crippen LogP contribution in [0.2, 0.25) is 0 Å². The van der Waals surface area contributed by atoms with Gasteiger partial charge in [-0.3, -0.25) is 9.59 Å². The number of nitrogens with one attached hydrogen (secondary N) is 1. The standard InChI is InChI=1S/C23H25FN2O3/c1-16-2-4-17(5-3-16)22(28)26-14-20(23(15-26)10-12-29-13-11-23)21(27)25-19-8-6-18(24)7-9-19/h2-9,20H,10-15H2,1H3,(H,25,27). The molecule has 2 aliphatic heterocycles. The molecule has 2 aliphatic rings. The Labute approximate surface area is 169 Å². The lowest BCUT2D eigenvalue weighted by Crippen LogP contribution is -2.42. The van der Waals surface area contributed by atoms with E-state index >= 15 is 0 Å². The number of rotatable bonds is 3. The lowest BCUT2D eigenvalue weighted by Gasteiger charge is -2.37. The highest BCUT2D eigenvalue weighted by atomic mass is 19.1. The molecule has 5 nitrogen and oxygen atoms in total. The second-order valence-electron chi connectivity index (χ2n) is 8.08. The van der Waals surface area contributed by atoms with Crippen molar-refractivity contribution in [3.8, 4) is 0 Å². The van der Waals surface area contributed by atoms with E-state index in [1.165, 1.54) is 12.1 Å². The van der Waals surface area contributed by atoms with Gasteiger partial charge in [0.15, 0.2) is 0 Å². The summed E-state index contributed by atoms with van der Waals surface area (Å²) in [6.07, 6.45) is 1.48. The van der Waals surface area contributed by atoms with Crippen molar-refractivity contribution in [2.24, 2.45) is 11.3 Å². The molecule has 2 aromatic rings. The maximum atomic E-state index is 13.2. The second kappa shape index (κ2) is 7.95. The van der Waals surface area contributed by atoms with Gasteiger partial charge in [0.25, 0.3) is 5.91 Å². The molecule has 1 spiro atoms. The molecule has 0 aliphatic carbocycles. The summed E-state index contributed by atoms with van der Waals surface area (Å²) in [6.45, 7) is 4.08. The predicted molar refractivity (Wildman–Crippen MR) is 108 cm³/mol. The number of hydrogen-bond acceptors (Lipinski definition) is 3.